The summed E-state index contributed by atoms with van der Waals surface area (Å²) in [5, 5.41) is 20.9. The first-order chi connectivity index (χ1) is 15.1. The number of anilines is 1. The van der Waals surface area contributed by atoms with Crippen LogP contribution < -0.4 is 5.32 Å². The summed E-state index contributed by atoms with van der Waals surface area (Å²) in [6.45, 7) is 0.0359. The van der Waals surface area contributed by atoms with Gasteiger partial charge in [0.1, 0.15) is 23.5 Å². The van der Waals surface area contributed by atoms with Crippen molar-refractivity contribution >= 4 is 5.82 Å². The lowest BCUT2D eigenvalue weighted by molar-refractivity contribution is 0.265. The van der Waals surface area contributed by atoms with Gasteiger partial charge < -0.3 is 14.9 Å². The molecule has 4 aromatic rings. The Balaban J connectivity index is 1.53. The molecule has 8 nitrogen and oxygen atoms in total. The maximum Gasteiger partial charge on any atom is 0.183 e. The molecule has 158 valence electrons. The van der Waals surface area contributed by atoms with Gasteiger partial charge >= 0.3 is 0 Å². The van der Waals surface area contributed by atoms with Crippen molar-refractivity contribution in [2.75, 3.05) is 11.9 Å². The molecule has 0 bridgehead atoms. The number of halogens is 2. The van der Waals surface area contributed by atoms with Crippen molar-refractivity contribution in [3.63, 3.8) is 0 Å². The normalized spacial score (nSPS) is 14.5. The van der Waals surface area contributed by atoms with E-state index in [2.05, 4.69) is 25.5 Å². The van der Waals surface area contributed by atoms with Gasteiger partial charge in [0, 0.05) is 11.6 Å². The van der Waals surface area contributed by atoms with Gasteiger partial charge in [0.05, 0.1) is 30.6 Å². The van der Waals surface area contributed by atoms with Crippen LogP contribution in [-0.4, -0.2) is 42.2 Å². The average molecular weight is 424 g/mol. The molecule has 1 fully saturated rings. The SMILES string of the molecule is OCC1(Nc2nc(-c3cc(-c4ccon4)n(Cc4ccccc4F)n3)ncc2F)CC1. The third kappa shape index (κ3) is 3.77. The maximum atomic E-state index is 14.3. The van der Waals surface area contributed by atoms with E-state index in [1.165, 1.54) is 12.3 Å². The smallest absolute Gasteiger partial charge is 0.183 e. The fourth-order valence-electron chi connectivity index (χ4n) is 3.29. The second kappa shape index (κ2) is 7.55. The van der Waals surface area contributed by atoms with Crippen molar-refractivity contribution in [3.05, 3.63) is 66.1 Å². The molecule has 0 aliphatic heterocycles. The van der Waals surface area contributed by atoms with Crippen LogP contribution in [0.5, 0.6) is 0 Å². The van der Waals surface area contributed by atoms with E-state index in [4.69, 9.17) is 4.52 Å². The van der Waals surface area contributed by atoms with Crippen LogP contribution in [0.4, 0.5) is 14.6 Å². The van der Waals surface area contributed by atoms with Crippen molar-refractivity contribution in [2.24, 2.45) is 0 Å². The Morgan fingerprint density at radius 3 is 2.68 bits per heavy atom. The van der Waals surface area contributed by atoms with Crippen molar-refractivity contribution in [3.8, 4) is 22.9 Å². The topological polar surface area (TPSA) is 102 Å². The Hall–Kier alpha value is -3.66. The van der Waals surface area contributed by atoms with Gasteiger partial charge in [-0.1, -0.05) is 23.4 Å². The van der Waals surface area contributed by atoms with Crippen molar-refractivity contribution in [1.82, 2.24) is 24.9 Å². The van der Waals surface area contributed by atoms with Crippen molar-refractivity contribution in [2.45, 2.75) is 24.9 Å². The number of nitrogens with zero attached hydrogens (tertiary/aromatic N) is 5. The Bertz CT molecular complexity index is 1220. The summed E-state index contributed by atoms with van der Waals surface area (Å²) in [6, 6.07) is 9.76. The highest BCUT2D eigenvalue weighted by Gasteiger charge is 2.43. The van der Waals surface area contributed by atoms with Crippen molar-refractivity contribution < 1.29 is 18.4 Å². The molecule has 1 aliphatic rings. The largest absolute Gasteiger partial charge is 0.394 e. The monoisotopic (exact) mass is 424 g/mol. The zero-order valence-electron chi connectivity index (χ0n) is 16.3. The minimum atomic E-state index is -0.619. The van der Waals surface area contributed by atoms with Gasteiger partial charge in [-0.25, -0.2) is 18.7 Å². The van der Waals surface area contributed by atoms with E-state index in [0.29, 0.717) is 22.6 Å². The predicted molar refractivity (Wildman–Crippen MR) is 107 cm³/mol. The molecule has 1 aromatic carbocycles. The van der Waals surface area contributed by atoms with Crippen LogP contribution >= 0.6 is 0 Å². The highest BCUT2D eigenvalue weighted by atomic mass is 19.1. The fraction of sp³-hybridized carbons (Fsp3) is 0.238. The zero-order valence-corrected chi connectivity index (χ0v) is 16.3. The van der Waals surface area contributed by atoms with Gasteiger partial charge in [-0.05, 0) is 25.0 Å². The number of rotatable bonds is 7. The van der Waals surface area contributed by atoms with Crippen LogP contribution in [0.2, 0.25) is 0 Å². The molecular formula is C21H18F2N6O2. The molecule has 3 aromatic heterocycles. The van der Waals surface area contributed by atoms with E-state index in [1.54, 1.807) is 35.0 Å². The number of benzene rings is 1. The Morgan fingerprint density at radius 1 is 1.13 bits per heavy atom. The maximum absolute atomic E-state index is 14.3. The first kappa shape index (κ1) is 19.3. The average Bonchev–Trinajstić information content (AvgIpc) is 3.14. The lowest BCUT2D eigenvalue weighted by Crippen LogP contribution is -2.27. The van der Waals surface area contributed by atoms with E-state index in [9.17, 15) is 13.9 Å². The molecule has 5 rings (SSSR count). The molecule has 3 heterocycles. The minimum absolute atomic E-state index is 0.00295. The first-order valence-electron chi connectivity index (χ1n) is 9.71. The number of hydrogen-bond donors (Lipinski definition) is 2. The van der Waals surface area contributed by atoms with Gasteiger partial charge in [-0.15, -0.1) is 0 Å². The molecule has 1 saturated carbocycles. The van der Waals surface area contributed by atoms with Gasteiger partial charge in [0.2, 0.25) is 0 Å². The van der Waals surface area contributed by atoms with E-state index in [-0.39, 0.29) is 30.6 Å². The fourth-order valence-corrected chi connectivity index (χ4v) is 3.29. The molecule has 0 spiro atoms. The molecule has 0 unspecified atom stereocenters. The Labute approximate surface area is 175 Å². The number of aromatic nitrogens is 5. The van der Waals surface area contributed by atoms with Gasteiger partial charge in [0.25, 0.3) is 0 Å². The highest BCUT2D eigenvalue weighted by molar-refractivity contribution is 5.63. The molecular weight excluding hydrogens is 406 g/mol. The van der Waals surface area contributed by atoms with E-state index < -0.39 is 11.4 Å². The Kier molecular flexibility index (Phi) is 4.70. The molecule has 0 radical (unpaired) electrons. The molecule has 0 amide bonds. The van der Waals surface area contributed by atoms with Crippen LogP contribution in [0, 0.1) is 11.6 Å². The molecule has 0 atom stereocenters. The summed E-state index contributed by atoms with van der Waals surface area (Å²) in [5.74, 6) is -0.780. The van der Waals surface area contributed by atoms with E-state index in [0.717, 1.165) is 19.0 Å². The van der Waals surface area contributed by atoms with Crippen molar-refractivity contribution in [1.29, 1.82) is 0 Å². The van der Waals surface area contributed by atoms with E-state index in [1.807, 2.05) is 0 Å². The quantitative estimate of drug-likeness (QED) is 0.470. The highest BCUT2D eigenvalue weighted by Crippen LogP contribution is 2.38. The minimum Gasteiger partial charge on any atom is -0.394 e. The summed E-state index contributed by atoms with van der Waals surface area (Å²) >= 11 is 0. The third-order valence-electron chi connectivity index (χ3n) is 5.27. The summed E-state index contributed by atoms with van der Waals surface area (Å²) in [7, 11) is 0. The van der Waals surface area contributed by atoms with Crippen LogP contribution in [0.3, 0.4) is 0 Å². The van der Waals surface area contributed by atoms with Crippen LogP contribution in [0.25, 0.3) is 22.9 Å². The van der Waals surface area contributed by atoms with Gasteiger partial charge in [-0.2, -0.15) is 5.10 Å². The second-order valence-corrected chi connectivity index (χ2v) is 7.50. The summed E-state index contributed by atoms with van der Waals surface area (Å²) in [4.78, 5) is 8.34. The van der Waals surface area contributed by atoms with E-state index >= 15 is 0 Å². The predicted octanol–water partition coefficient (Wildman–Crippen LogP) is 3.26. The second-order valence-electron chi connectivity index (χ2n) is 7.50. The van der Waals surface area contributed by atoms with Crippen LogP contribution in [-0.2, 0) is 6.54 Å². The zero-order chi connectivity index (χ0) is 21.4. The lowest BCUT2D eigenvalue weighted by Gasteiger charge is -2.15. The number of aliphatic hydroxyl groups excluding tert-OH is 1. The van der Waals surface area contributed by atoms with Gasteiger partial charge in [-0.3, -0.25) is 4.68 Å². The van der Waals surface area contributed by atoms with Gasteiger partial charge in [0.15, 0.2) is 17.5 Å². The molecule has 1 aliphatic carbocycles. The summed E-state index contributed by atoms with van der Waals surface area (Å²) in [6.07, 6.45) is 3.95. The summed E-state index contributed by atoms with van der Waals surface area (Å²) < 4.78 is 35.0. The first-order valence-corrected chi connectivity index (χ1v) is 9.71. The molecule has 0 saturated heterocycles. The summed E-state index contributed by atoms with van der Waals surface area (Å²) in [5.41, 5.74) is 1.35. The number of hydrogen-bond acceptors (Lipinski definition) is 7. The molecule has 2 N–H and O–H groups in total. The number of aliphatic hydroxyl groups is 1. The molecule has 31 heavy (non-hydrogen) atoms. The van der Waals surface area contributed by atoms with Crippen LogP contribution in [0.1, 0.15) is 18.4 Å². The molecule has 10 heteroatoms. The Morgan fingerprint density at radius 2 is 1.97 bits per heavy atom. The number of nitrogens with one attached hydrogen (secondary N) is 1. The van der Waals surface area contributed by atoms with Crippen LogP contribution in [0.15, 0.2) is 53.4 Å². The lowest BCUT2D eigenvalue weighted by atomic mass is 10.2. The standard InChI is InChI=1S/C21H18F2N6O2/c22-14-4-2-1-3-13(14)11-29-18(16-5-8-31-28-16)9-17(27-29)20-24-10-15(23)19(25-20)26-21(12-30)6-7-21/h1-5,8-10,30H,6-7,11-12H2,(H,24,25,26). The third-order valence-corrected chi connectivity index (χ3v) is 5.27.